The smallest absolute Gasteiger partial charge is 0.306 e. The molecule has 0 saturated carbocycles. The Balaban J connectivity index is 2.04. The summed E-state index contributed by atoms with van der Waals surface area (Å²) in [6.07, 6.45) is 4.95. The van der Waals surface area contributed by atoms with Gasteiger partial charge < -0.3 is 14.8 Å². The Morgan fingerprint density at radius 3 is 3.00 bits per heavy atom. The van der Waals surface area contributed by atoms with Crippen molar-refractivity contribution in [3.05, 3.63) is 17.7 Å². The first-order valence-corrected chi connectivity index (χ1v) is 5.59. The lowest BCUT2D eigenvalue weighted by Crippen LogP contribution is -2.21. The van der Waals surface area contributed by atoms with E-state index in [1.165, 1.54) is 6.42 Å². The Morgan fingerprint density at radius 2 is 2.25 bits per heavy atom. The largest absolute Gasteiger partial charge is 0.481 e. The van der Waals surface area contributed by atoms with Crippen LogP contribution in [0.2, 0.25) is 0 Å². The van der Waals surface area contributed by atoms with Gasteiger partial charge in [-0.3, -0.25) is 4.79 Å². The van der Waals surface area contributed by atoms with E-state index in [1.54, 1.807) is 6.33 Å². The lowest BCUT2D eigenvalue weighted by molar-refractivity contribution is -0.139. The number of hydrogen-bond acceptors (Lipinski definition) is 3. The Morgan fingerprint density at radius 1 is 1.50 bits per heavy atom. The molecule has 88 valence electrons. The number of aliphatic hydroxyl groups is 1. The maximum absolute atomic E-state index is 10.4. The highest BCUT2D eigenvalue weighted by Crippen LogP contribution is 2.20. The second-order valence-electron chi connectivity index (χ2n) is 4.25. The fourth-order valence-electron chi connectivity index (χ4n) is 2.18. The van der Waals surface area contributed by atoms with Crippen LogP contribution in [0.15, 0.2) is 6.33 Å². The normalized spacial score (nSPS) is 16.8. The van der Waals surface area contributed by atoms with Crippen LogP contribution in [0.5, 0.6) is 0 Å². The molecule has 0 saturated heterocycles. The predicted octanol–water partition coefficient (Wildman–Crippen LogP) is 0.597. The standard InChI is InChI=1S/C11H16N2O3/c14-8(5-11(15)16)6-13-7-12-9-3-1-2-4-10(9)13/h7-8,14H,1-6H2,(H,15,16). The van der Waals surface area contributed by atoms with Gasteiger partial charge in [-0.25, -0.2) is 4.98 Å². The van der Waals surface area contributed by atoms with Gasteiger partial charge in [-0.05, 0) is 25.7 Å². The third kappa shape index (κ3) is 2.41. The Kier molecular flexibility index (Phi) is 3.24. The van der Waals surface area contributed by atoms with Gasteiger partial charge in [-0.2, -0.15) is 0 Å². The molecule has 0 spiro atoms. The van der Waals surface area contributed by atoms with Gasteiger partial charge in [0, 0.05) is 5.69 Å². The van der Waals surface area contributed by atoms with Crippen molar-refractivity contribution in [2.75, 3.05) is 0 Å². The van der Waals surface area contributed by atoms with Gasteiger partial charge >= 0.3 is 5.97 Å². The van der Waals surface area contributed by atoms with E-state index in [2.05, 4.69) is 4.98 Å². The highest BCUT2D eigenvalue weighted by atomic mass is 16.4. The minimum absolute atomic E-state index is 0.215. The van der Waals surface area contributed by atoms with Crippen molar-refractivity contribution >= 4 is 5.97 Å². The Hall–Kier alpha value is -1.36. The third-order valence-corrected chi connectivity index (χ3v) is 2.93. The number of fused-ring (bicyclic) bond motifs is 1. The van der Waals surface area contributed by atoms with Crippen LogP contribution >= 0.6 is 0 Å². The average molecular weight is 224 g/mol. The van der Waals surface area contributed by atoms with E-state index in [0.717, 1.165) is 30.7 Å². The fraction of sp³-hybridized carbons (Fsp3) is 0.636. The SMILES string of the molecule is O=C(O)CC(O)Cn1cnc2c1CCCC2. The number of nitrogens with zero attached hydrogens (tertiary/aromatic N) is 2. The van der Waals surface area contributed by atoms with Crippen molar-refractivity contribution < 1.29 is 15.0 Å². The topological polar surface area (TPSA) is 75.3 Å². The molecule has 0 radical (unpaired) electrons. The summed E-state index contributed by atoms with van der Waals surface area (Å²) in [7, 11) is 0. The van der Waals surface area contributed by atoms with Gasteiger partial charge in [-0.15, -0.1) is 0 Å². The molecule has 2 rings (SSSR count). The zero-order chi connectivity index (χ0) is 11.5. The molecule has 0 bridgehead atoms. The lowest BCUT2D eigenvalue weighted by Gasteiger charge is -2.15. The number of aromatic nitrogens is 2. The zero-order valence-electron chi connectivity index (χ0n) is 9.09. The van der Waals surface area contributed by atoms with E-state index in [9.17, 15) is 9.90 Å². The molecule has 1 unspecified atom stereocenters. The molecule has 2 N–H and O–H groups in total. The van der Waals surface area contributed by atoms with Crippen LogP contribution in [-0.4, -0.2) is 31.8 Å². The lowest BCUT2D eigenvalue weighted by atomic mass is 10.0. The van der Waals surface area contributed by atoms with Crippen LogP contribution in [0.4, 0.5) is 0 Å². The molecular weight excluding hydrogens is 208 g/mol. The summed E-state index contributed by atoms with van der Waals surface area (Å²) in [4.78, 5) is 14.7. The number of carbonyl (C=O) groups is 1. The van der Waals surface area contributed by atoms with Crippen LogP contribution in [0.25, 0.3) is 0 Å². The number of rotatable bonds is 4. The van der Waals surface area contributed by atoms with Crippen molar-refractivity contribution in [1.29, 1.82) is 0 Å². The quantitative estimate of drug-likeness (QED) is 0.785. The van der Waals surface area contributed by atoms with Gasteiger partial charge in [-0.1, -0.05) is 0 Å². The molecule has 1 aromatic heterocycles. The zero-order valence-corrected chi connectivity index (χ0v) is 9.09. The van der Waals surface area contributed by atoms with Crippen LogP contribution in [0.1, 0.15) is 30.7 Å². The molecule has 1 aromatic rings. The Labute approximate surface area is 93.7 Å². The molecule has 1 heterocycles. The number of aliphatic hydroxyl groups excluding tert-OH is 1. The average Bonchev–Trinajstić information content (AvgIpc) is 2.61. The van der Waals surface area contributed by atoms with E-state index in [0.29, 0.717) is 6.54 Å². The summed E-state index contributed by atoms with van der Waals surface area (Å²) in [5.74, 6) is -0.971. The third-order valence-electron chi connectivity index (χ3n) is 2.93. The van der Waals surface area contributed by atoms with Crippen LogP contribution in [-0.2, 0) is 24.2 Å². The number of imidazole rings is 1. The minimum atomic E-state index is -0.971. The fourth-order valence-corrected chi connectivity index (χ4v) is 2.18. The summed E-state index contributed by atoms with van der Waals surface area (Å²) in [6.45, 7) is 0.328. The molecule has 5 nitrogen and oxygen atoms in total. The minimum Gasteiger partial charge on any atom is -0.481 e. The molecule has 0 fully saturated rings. The van der Waals surface area contributed by atoms with Crippen molar-refractivity contribution in [2.45, 2.75) is 44.8 Å². The number of aryl methyl sites for hydroxylation is 1. The van der Waals surface area contributed by atoms with E-state index in [-0.39, 0.29) is 6.42 Å². The van der Waals surface area contributed by atoms with Crippen LogP contribution in [0, 0.1) is 0 Å². The number of carboxylic acid groups (broad SMARTS) is 1. The van der Waals surface area contributed by atoms with Gasteiger partial charge in [0.15, 0.2) is 0 Å². The highest BCUT2D eigenvalue weighted by Gasteiger charge is 2.17. The van der Waals surface area contributed by atoms with Crippen molar-refractivity contribution in [3.8, 4) is 0 Å². The number of hydrogen-bond donors (Lipinski definition) is 2. The maximum Gasteiger partial charge on any atom is 0.306 e. The van der Waals surface area contributed by atoms with E-state index < -0.39 is 12.1 Å². The number of carboxylic acids is 1. The first kappa shape index (κ1) is 11.1. The molecule has 1 aliphatic rings. The first-order valence-electron chi connectivity index (χ1n) is 5.59. The monoisotopic (exact) mass is 224 g/mol. The molecule has 16 heavy (non-hydrogen) atoms. The van der Waals surface area contributed by atoms with Gasteiger partial charge in [0.2, 0.25) is 0 Å². The van der Waals surface area contributed by atoms with Gasteiger partial charge in [0.1, 0.15) is 0 Å². The maximum atomic E-state index is 10.4. The molecule has 5 heteroatoms. The second-order valence-corrected chi connectivity index (χ2v) is 4.25. The second kappa shape index (κ2) is 4.65. The van der Waals surface area contributed by atoms with Crippen molar-refractivity contribution in [1.82, 2.24) is 9.55 Å². The molecular formula is C11H16N2O3. The molecule has 1 aliphatic carbocycles. The summed E-state index contributed by atoms with van der Waals surface area (Å²) >= 11 is 0. The van der Waals surface area contributed by atoms with Gasteiger partial charge in [0.25, 0.3) is 0 Å². The van der Waals surface area contributed by atoms with Crippen molar-refractivity contribution in [2.24, 2.45) is 0 Å². The Bertz CT molecular complexity index is 387. The summed E-state index contributed by atoms with van der Waals surface area (Å²) in [5, 5.41) is 18.1. The summed E-state index contributed by atoms with van der Waals surface area (Å²) in [5.41, 5.74) is 2.27. The summed E-state index contributed by atoms with van der Waals surface area (Å²) in [6, 6.07) is 0. The molecule has 0 aliphatic heterocycles. The molecule has 0 aromatic carbocycles. The van der Waals surface area contributed by atoms with E-state index in [4.69, 9.17) is 5.11 Å². The van der Waals surface area contributed by atoms with E-state index in [1.807, 2.05) is 4.57 Å². The van der Waals surface area contributed by atoms with Crippen LogP contribution < -0.4 is 0 Å². The van der Waals surface area contributed by atoms with E-state index >= 15 is 0 Å². The van der Waals surface area contributed by atoms with Gasteiger partial charge in [0.05, 0.1) is 31.1 Å². The first-order chi connectivity index (χ1) is 7.66. The molecule has 1 atom stereocenters. The highest BCUT2D eigenvalue weighted by molar-refractivity contribution is 5.67. The van der Waals surface area contributed by atoms with Crippen LogP contribution in [0.3, 0.4) is 0 Å². The molecule has 0 amide bonds. The predicted molar refractivity (Wildman–Crippen MR) is 57.1 cm³/mol. The van der Waals surface area contributed by atoms with Crippen molar-refractivity contribution in [3.63, 3.8) is 0 Å². The number of aliphatic carboxylic acids is 1. The summed E-state index contributed by atoms with van der Waals surface area (Å²) < 4.78 is 1.89.